The molecule has 0 spiro atoms. The molecule has 3 nitrogen and oxygen atoms in total. The third kappa shape index (κ3) is 1.95. The lowest BCUT2D eigenvalue weighted by molar-refractivity contribution is -0.158. The van der Waals surface area contributed by atoms with E-state index in [9.17, 15) is 4.79 Å². The monoisotopic (exact) mass is 295 g/mol. The minimum atomic E-state index is -0.298. The summed E-state index contributed by atoms with van der Waals surface area (Å²) < 4.78 is 5.43. The van der Waals surface area contributed by atoms with Crippen molar-refractivity contribution in [2.75, 3.05) is 6.61 Å². The lowest BCUT2D eigenvalue weighted by Crippen LogP contribution is -2.42. The number of esters is 1. The van der Waals surface area contributed by atoms with Crippen LogP contribution >= 0.6 is 0 Å². The first kappa shape index (κ1) is 13.7. The van der Waals surface area contributed by atoms with E-state index >= 15 is 0 Å². The molecule has 2 atom stereocenters. The average Bonchev–Trinajstić information content (AvgIpc) is 2.94. The Morgan fingerprint density at radius 3 is 3.14 bits per heavy atom. The molecule has 1 aromatic carbocycles. The van der Waals surface area contributed by atoms with Crippen LogP contribution in [-0.2, 0) is 22.4 Å². The molecule has 0 N–H and O–H groups in total. The molecule has 1 saturated carbocycles. The minimum absolute atomic E-state index is 0.0105. The van der Waals surface area contributed by atoms with E-state index in [2.05, 4.69) is 18.2 Å². The summed E-state index contributed by atoms with van der Waals surface area (Å²) in [6.07, 6.45) is 4.91. The van der Waals surface area contributed by atoms with Crippen molar-refractivity contribution in [3.63, 3.8) is 0 Å². The van der Waals surface area contributed by atoms with Crippen LogP contribution in [0.25, 0.3) is 10.9 Å². The van der Waals surface area contributed by atoms with Crippen molar-refractivity contribution in [1.29, 1.82) is 0 Å². The van der Waals surface area contributed by atoms with Crippen molar-refractivity contribution in [3.8, 4) is 0 Å². The van der Waals surface area contributed by atoms with Crippen molar-refractivity contribution in [1.82, 2.24) is 4.98 Å². The van der Waals surface area contributed by atoms with Crippen molar-refractivity contribution in [3.05, 3.63) is 41.6 Å². The molecular weight excluding hydrogens is 274 g/mol. The van der Waals surface area contributed by atoms with E-state index < -0.39 is 0 Å². The number of fused-ring (bicyclic) bond motifs is 3. The van der Waals surface area contributed by atoms with E-state index in [1.165, 1.54) is 11.3 Å². The summed E-state index contributed by atoms with van der Waals surface area (Å²) in [4.78, 5) is 17.5. The van der Waals surface area contributed by atoms with Gasteiger partial charge in [0.1, 0.15) is 0 Å². The standard InChI is InChI=1S/C19H21NO2/c1-2-22-18(21)19-9-5-7-15(19)11-17-14(12-19)10-13-6-3-4-8-16(13)20-17/h3-4,6,8,10,15H,2,5,7,9,11-12H2,1H3/t15-,19+/m0/s1. The first-order valence-electron chi connectivity index (χ1n) is 8.28. The van der Waals surface area contributed by atoms with Crippen LogP contribution in [0.3, 0.4) is 0 Å². The fraction of sp³-hybridized carbons (Fsp3) is 0.474. The maximum absolute atomic E-state index is 12.6. The van der Waals surface area contributed by atoms with Gasteiger partial charge in [-0.3, -0.25) is 9.78 Å². The molecule has 1 fully saturated rings. The van der Waals surface area contributed by atoms with E-state index in [4.69, 9.17) is 9.72 Å². The molecule has 0 amide bonds. The van der Waals surface area contributed by atoms with Crippen molar-refractivity contribution >= 4 is 16.9 Å². The van der Waals surface area contributed by atoms with Gasteiger partial charge in [-0.1, -0.05) is 24.6 Å². The number of para-hydroxylation sites is 1. The summed E-state index contributed by atoms with van der Waals surface area (Å²) in [5.41, 5.74) is 3.19. The van der Waals surface area contributed by atoms with Gasteiger partial charge in [-0.15, -0.1) is 0 Å². The molecule has 1 heterocycles. The molecule has 0 saturated heterocycles. The number of nitrogens with zero attached hydrogens (tertiary/aromatic N) is 1. The van der Waals surface area contributed by atoms with Crippen LogP contribution in [0.5, 0.6) is 0 Å². The average molecular weight is 295 g/mol. The predicted octanol–water partition coefficient (Wildman–Crippen LogP) is 3.68. The lowest BCUT2D eigenvalue weighted by atomic mass is 9.67. The molecule has 114 valence electrons. The lowest BCUT2D eigenvalue weighted by Gasteiger charge is -2.37. The van der Waals surface area contributed by atoms with Crippen LogP contribution < -0.4 is 0 Å². The molecule has 3 heteroatoms. The molecule has 0 aliphatic heterocycles. The molecule has 22 heavy (non-hydrogen) atoms. The van der Waals surface area contributed by atoms with Gasteiger partial charge in [0, 0.05) is 11.1 Å². The Labute approximate surface area is 130 Å². The molecule has 2 aliphatic carbocycles. The van der Waals surface area contributed by atoms with E-state index in [0.29, 0.717) is 12.5 Å². The number of carbonyl (C=O) groups is 1. The number of carbonyl (C=O) groups excluding carboxylic acids is 1. The predicted molar refractivity (Wildman–Crippen MR) is 85.6 cm³/mol. The Morgan fingerprint density at radius 1 is 1.41 bits per heavy atom. The normalized spacial score (nSPS) is 26.5. The molecule has 0 bridgehead atoms. The SMILES string of the molecule is CCOC(=O)[C@@]12CCC[C@H]1Cc1nc3ccccc3cc1C2. The Hall–Kier alpha value is -1.90. The first-order chi connectivity index (χ1) is 10.7. The van der Waals surface area contributed by atoms with Crippen LogP contribution in [0, 0.1) is 11.3 Å². The summed E-state index contributed by atoms with van der Waals surface area (Å²) in [6, 6.07) is 10.5. The van der Waals surface area contributed by atoms with Gasteiger partial charge in [0.15, 0.2) is 0 Å². The smallest absolute Gasteiger partial charge is 0.312 e. The maximum atomic E-state index is 12.6. The number of benzene rings is 1. The van der Waals surface area contributed by atoms with Gasteiger partial charge >= 0.3 is 5.97 Å². The van der Waals surface area contributed by atoms with Gasteiger partial charge in [-0.05, 0) is 56.2 Å². The Morgan fingerprint density at radius 2 is 2.27 bits per heavy atom. The molecule has 4 rings (SSSR count). The molecule has 0 radical (unpaired) electrons. The van der Waals surface area contributed by atoms with E-state index in [-0.39, 0.29) is 11.4 Å². The highest BCUT2D eigenvalue weighted by atomic mass is 16.5. The summed E-state index contributed by atoms with van der Waals surface area (Å²) in [6.45, 7) is 2.36. The second-order valence-corrected chi connectivity index (χ2v) is 6.63. The number of ether oxygens (including phenoxy) is 1. The van der Waals surface area contributed by atoms with Gasteiger partial charge in [0.2, 0.25) is 0 Å². The molecule has 1 aromatic heterocycles. The van der Waals surface area contributed by atoms with Crippen LogP contribution in [0.4, 0.5) is 0 Å². The van der Waals surface area contributed by atoms with Crippen molar-refractivity contribution in [2.45, 2.75) is 39.0 Å². The highest BCUT2D eigenvalue weighted by molar-refractivity contribution is 5.82. The topological polar surface area (TPSA) is 39.2 Å². The van der Waals surface area contributed by atoms with Gasteiger partial charge in [0.05, 0.1) is 17.5 Å². The molecule has 2 aliphatic rings. The number of aromatic nitrogens is 1. The summed E-state index contributed by atoms with van der Waals surface area (Å²) in [5, 5.41) is 1.16. The Kier molecular flexibility index (Phi) is 3.17. The van der Waals surface area contributed by atoms with Crippen molar-refractivity contribution < 1.29 is 9.53 Å². The van der Waals surface area contributed by atoms with Gasteiger partial charge in [-0.2, -0.15) is 0 Å². The largest absolute Gasteiger partial charge is 0.466 e. The number of hydrogen-bond acceptors (Lipinski definition) is 3. The van der Waals surface area contributed by atoms with Crippen molar-refractivity contribution in [2.24, 2.45) is 11.3 Å². The third-order valence-electron chi connectivity index (χ3n) is 5.48. The second kappa shape index (κ2) is 5.08. The molecular formula is C19H21NO2. The molecule has 2 aromatic rings. The number of pyridine rings is 1. The van der Waals surface area contributed by atoms with Crippen LogP contribution in [0.15, 0.2) is 30.3 Å². The quantitative estimate of drug-likeness (QED) is 0.793. The summed E-state index contributed by atoms with van der Waals surface area (Å²) in [7, 11) is 0. The number of hydrogen-bond donors (Lipinski definition) is 0. The molecule has 0 unspecified atom stereocenters. The highest BCUT2D eigenvalue weighted by Crippen LogP contribution is 2.51. The minimum Gasteiger partial charge on any atom is -0.466 e. The fourth-order valence-electron chi connectivity index (χ4n) is 4.39. The summed E-state index contributed by atoms with van der Waals surface area (Å²) in [5.74, 6) is 0.407. The highest BCUT2D eigenvalue weighted by Gasteiger charge is 2.52. The zero-order valence-electron chi connectivity index (χ0n) is 13.0. The van der Waals surface area contributed by atoms with Crippen LogP contribution in [-0.4, -0.2) is 17.6 Å². The van der Waals surface area contributed by atoms with Gasteiger partial charge in [0.25, 0.3) is 0 Å². The van der Waals surface area contributed by atoms with Gasteiger partial charge in [-0.25, -0.2) is 0 Å². The fourth-order valence-corrected chi connectivity index (χ4v) is 4.39. The van der Waals surface area contributed by atoms with E-state index in [1.807, 2.05) is 19.1 Å². The third-order valence-corrected chi connectivity index (χ3v) is 5.48. The first-order valence-corrected chi connectivity index (χ1v) is 8.28. The summed E-state index contributed by atoms with van der Waals surface area (Å²) >= 11 is 0. The van der Waals surface area contributed by atoms with Crippen LogP contribution in [0.1, 0.15) is 37.4 Å². The second-order valence-electron chi connectivity index (χ2n) is 6.63. The zero-order valence-corrected chi connectivity index (χ0v) is 13.0. The Balaban J connectivity index is 1.79. The van der Waals surface area contributed by atoms with Crippen LogP contribution in [0.2, 0.25) is 0 Å². The Bertz CT molecular complexity index is 739. The van der Waals surface area contributed by atoms with E-state index in [0.717, 1.165) is 43.0 Å². The van der Waals surface area contributed by atoms with Gasteiger partial charge < -0.3 is 4.74 Å². The number of rotatable bonds is 2. The maximum Gasteiger partial charge on any atom is 0.312 e. The zero-order chi connectivity index (χ0) is 15.2. The van der Waals surface area contributed by atoms with E-state index in [1.54, 1.807) is 0 Å².